The van der Waals surface area contributed by atoms with E-state index in [-0.39, 0.29) is 30.6 Å². The van der Waals surface area contributed by atoms with Crippen LogP contribution in [0.15, 0.2) is 66.7 Å². The van der Waals surface area contributed by atoms with Crippen LogP contribution in [0.5, 0.6) is 0 Å². The van der Waals surface area contributed by atoms with Gasteiger partial charge in [0, 0.05) is 11.9 Å². The number of para-hydroxylation sites is 1. The zero-order valence-corrected chi connectivity index (χ0v) is 15.2. The molecule has 0 aliphatic carbocycles. The van der Waals surface area contributed by atoms with E-state index in [1.54, 1.807) is 6.07 Å². The Hall–Kier alpha value is -3.54. The van der Waals surface area contributed by atoms with Crippen LogP contribution in [0.1, 0.15) is 16.1 Å². The highest BCUT2D eigenvalue weighted by Gasteiger charge is 2.34. The summed E-state index contributed by atoms with van der Waals surface area (Å²) in [7, 11) is 0. The van der Waals surface area contributed by atoms with Crippen molar-refractivity contribution < 1.29 is 14.4 Å². The van der Waals surface area contributed by atoms with E-state index in [0.717, 1.165) is 10.9 Å². The Labute approximate surface area is 162 Å². The molecule has 2 heterocycles. The van der Waals surface area contributed by atoms with E-state index in [2.05, 4.69) is 4.98 Å². The molecule has 1 fully saturated rings. The molecule has 3 amide bonds. The van der Waals surface area contributed by atoms with Crippen LogP contribution < -0.4 is 0 Å². The second-order valence-electron chi connectivity index (χ2n) is 6.73. The van der Waals surface area contributed by atoms with Gasteiger partial charge in [0.05, 0.1) is 5.52 Å². The van der Waals surface area contributed by atoms with Crippen LogP contribution in [-0.4, -0.2) is 52.1 Å². The van der Waals surface area contributed by atoms with Gasteiger partial charge in [0.25, 0.3) is 5.91 Å². The highest BCUT2D eigenvalue weighted by Crippen LogP contribution is 2.15. The highest BCUT2D eigenvalue weighted by atomic mass is 16.2. The Morgan fingerprint density at radius 3 is 2.29 bits per heavy atom. The minimum atomic E-state index is -0.407. The quantitative estimate of drug-likeness (QED) is 0.658. The predicted octanol–water partition coefficient (Wildman–Crippen LogP) is 2.29. The molecule has 1 aromatic heterocycles. The fourth-order valence-electron chi connectivity index (χ4n) is 3.32. The van der Waals surface area contributed by atoms with E-state index in [4.69, 9.17) is 0 Å². The number of carbonyl (C=O) groups excluding carboxylic acids is 3. The molecule has 6 heteroatoms. The molecule has 2 aromatic carbocycles. The maximum atomic E-state index is 12.8. The minimum absolute atomic E-state index is 0.117. The minimum Gasteiger partial charge on any atom is -0.319 e. The first kappa shape index (κ1) is 17.9. The second-order valence-corrected chi connectivity index (χ2v) is 6.73. The van der Waals surface area contributed by atoms with Gasteiger partial charge in [-0.15, -0.1) is 0 Å². The average Bonchev–Trinajstić information content (AvgIpc) is 2.73. The maximum absolute atomic E-state index is 12.8. The molecule has 4 rings (SSSR count). The number of imide groups is 1. The summed E-state index contributed by atoms with van der Waals surface area (Å²) in [4.78, 5) is 44.6. The van der Waals surface area contributed by atoms with Crippen molar-refractivity contribution >= 4 is 28.6 Å². The van der Waals surface area contributed by atoms with Crippen LogP contribution >= 0.6 is 0 Å². The molecule has 0 unspecified atom stereocenters. The Bertz CT molecular complexity index is 1030. The molecule has 140 valence electrons. The number of nitrogens with zero attached hydrogens (tertiary/aromatic N) is 3. The van der Waals surface area contributed by atoms with Crippen molar-refractivity contribution in [3.05, 3.63) is 78.0 Å². The number of piperazine rings is 1. The van der Waals surface area contributed by atoms with E-state index in [9.17, 15) is 14.4 Å². The number of hydrogen-bond acceptors (Lipinski definition) is 4. The van der Waals surface area contributed by atoms with Crippen molar-refractivity contribution in [3.63, 3.8) is 0 Å². The van der Waals surface area contributed by atoms with Crippen molar-refractivity contribution in [2.45, 2.75) is 6.42 Å². The largest absolute Gasteiger partial charge is 0.319 e. The molecule has 0 spiro atoms. The van der Waals surface area contributed by atoms with Crippen molar-refractivity contribution in [2.75, 3.05) is 19.6 Å². The molecule has 1 aliphatic heterocycles. The SMILES string of the molecule is O=C(c1ccc2ccccc2n1)N1CC(=O)N(CCc2ccccc2)C(=O)C1. The van der Waals surface area contributed by atoms with Gasteiger partial charge in [-0.05, 0) is 24.1 Å². The van der Waals surface area contributed by atoms with E-state index in [1.807, 2.05) is 60.7 Å². The lowest BCUT2D eigenvalue weighted by atomic mass is 10.1. The lowest BCUT2D eigenvalue weighted by Gasteiger charge is -2.32. The zero-order valence-electron chi connectivity index (χ0n) is 15.2. The number of hydrogen-bond donors (Lipinski definition) is 0. The lowest BCUT2D eigenvalue weighted by molar-refractivity contribution is -0.150. The summed E-state index contributed by atoms with van der Waals surface area (Å²) in [5, 5.41) is 0.928. The predicted molar refractivity (Wildman–Crippen MR) is 105 cm³/mol. The molecule has 0 atom stereocenters. The molecule has 28 heavy (non-hydrogen) atoms. The number of aromatic nitrogens is 1. The molecule has 6 nitrogen and oxygen atoms in total. The molecule has 0 radical (unpaired) electrons. The molecule has 1 saturated heterocycles. The smallest absolute Gasteiger partial charge is 0.273 e. The second kappa shape index (κ2) is 7.60. The van der Waals surface area contributed by atoms with Gasteiger partial charge in [-0.3, -0.25) is 19.3 Å². The first-order chi connectivity index (χ1) is 13.6. The van der Waals surface area contributed by atoms with Gasteiger partial charge in [0.15, 0.2) is 0 Å². The van der Waals surface area contributed by atoms with Crippen molar-refractivity contribution in [3.8, 4) is 0 Å². The van der Waals surface area contributed by atoms with E-state index < -0.39 is 5.91 Å². The third-order valence-corrected chi connectivity index (χ3v) is 4.83. The standard InChI is InChI=1S/C22H19N3O3/c26-20-14-24(15-21(27)25(20)13-12-16-6-2-1-3-7-16)22(28)19-11-10-17-8-4-5-9-18(17)23-19/h1-11H,12-15H2. The fourth-order valence-corrected chi connectivity index (χ4v) is 3.32. The number of rotatable bonds is 4. The van der Waals surface area contributed by atoms with Crippen LogP contribution in [0, 0.1) is 0 Å². The summed E-state index contributed by atoms with van der Waals surface area (Å²) in [5.74, 6) is -1.13. The molecule has 0 bridgehead atoms. The van der Waals surface area contributed by atoms with Crippen LogP contribution in [0.25, 0.3) is 10.9 Å². The molecular weight excluding hydrogens is 354 g/mol. The molecule has 3 aromatic rings. The van der Waals surface area contributed by atoms with Gasteiger partial charge >= 0.3 is 0 Å². The van der Waals surface area contributed by atoms with Gasteiger partial charge in [0.2, 0.25) is 11.8 Å². The first-order valence-electron chi connectivity index (χ1n) is 9.14. The van der Waals surface area contributed by atoms with Crippen LogP contribution in [-0.2, 0) is 16.0 Å². The number of pyridine rings is 1. The summed E-state index contributed by atoms with van der Waals surface area (Å²) >= 11 is 0. The Morgan fingerprint density at radius 1 is 0.857 bits per heavy atom. The number of amides is 3. The third kappa shape index (κ3) is 3.62. The van der Waals surface area contributed by atoms with Gasteiger partial charge in [-0.1, -0.05) is 54.6 Å². The molecular formula is C22H19N3O3. The first-order valence-corrected chi connectivity index (χ1v) is 9.14. The van der Waals surface area contributed by atoms with E-state index >= 15 is 0 Å². The van der Waals surface area contributed by atoms with Gasteiger partial charge in [-0.25, -0.2) is 4.98 Å². The van der Waals surface area contributed by atoms with Gasteiger partial charge < -0.3 is 4.90 Å². The summed E-state index contributed by atoms with van der Waals surface area (Å²) < 4.78 is 0. The summed E-state index contributed by atoms with van der Waals surface area (Å²) in [6.07, 6.45) is 0.596. The lowest BCUT2D eigenvalue weighted by Crippen LogP contribution is -2.56. The van der Waals surface area contributed by atoms with E-state index in [0.29, 0.717) is 18.5 Å². The van der Waals surface area contributed by atoms with Gasteiger partial charge in [-0.2, -0.15) is 0 Å². The molecule has 1 aliphatic rings. The number of benzene rings is 2. The zero-order chi connectivity index (χ0) is 19.5. The summed E-state index contributed by atoms with van der Waals surface area (Å²) in [5.41, 5.74) is 1.99. The third-order valence-electron chi connectivity index (χ3n) is 4.83. The van der Waals surface area contributed by atoms with Crippen LogP contribution in [0.4, 0.5) is 0 Å². The maximum Gasteiger partial charge on any atom is 0.273 e. The fraction of sp³-hybridized carbons (Fsp3) is 0.182. The Morgan fingerprint density at radius 2 is 1.54 bits per heavy atom. The number of carbonyl (C=O) groups is 3. The van der Waals surface area contributed by atoms with Crippen molar-refractivity contribution in [1.29, 1.82) is 0 Å². The van der Waals surface area contributed by atoms with Crippen LogP contribution in [0.2, 0.25) is 0 Å². The van der Waals surface area contributed by atoms with Crippen molar-refractivity contribution in [1.82, 2.24) is 14.8 Å². The average molecular weight is 373 g/mol. The van der Waals surface area contributed by atoms with Crippen LogP contribution in [0.3, 0.4) is 0 Å². The number of fused-ring (bicyclic) bond motifs is 1. The molecule has 0 saturated carbocycles. The summed E-state index contributed by atoms with van der Waals surface area (Å²) in [6, 6.07) is 20.6. The van der Waals surface area contributed by atoms with E-state index in [1.165, 1.54) is 9.80 Å². The highest BCUT2D eigenvalue weighted by molar-refractivity contribution is 6.05. The normalized spacial score (nSPS) is 14.6. The topological polar surface area (TPSA) is 70.6 Å². The summed E-state index contributed by atoms with van der Waals surface area (Å²) in [6.45, 7) is 0.0830. The van der Waals surface area contributed by atoms with Crippen molar-refractivity contribution in [2.24, 2.45) is 0 Å². The molecule has 0 N–H and O–H groups in total. The van der Waals surface area contributed by atoms with Gasteiger partial charge in [0.1, 0.15) is 18.8 Å². The Balaban J connectivity index is 1.45. The monoisotopic (exact) mass is 373 g/mol. The Kier molecular flexibility index (Phi) is 4.85.